The Hall–Kier alpha value is -1.75. The van der Waals surface area contributed by atoms with Crippen molar-refractivity contribution in [2.75, 3.05) is 0 Å². The van der Waals surface area contributed by atoms with Gasteiger partial charge in [-0.1, -0.05) is 6.07 Å². The predicted octanol–water partition coefficient (Wildman–Crippen LogP) is 2.96. The Morgan fingerprint density at radius 3 is 2.82 bits per heavy atom. The maximum absolute atomic E-state index is 13.2. The SMILES string of the molecule is O=C(NCc1cc(F)ccc1F)c1cccs1. The van der Waals surface area contributed by atoms with Crippen LogP contribution in [0.15, 0.2) is 35.7 Å². The van der Waals surface area contributed by atoms with E-state index < -0.39 is 11.6 Å². The Kier molecular flexibility index (Phi) is 3.49. The van der Waals surface area contributed by atoms with Crippen LogP contribution in [0.25, 0.3) is 0 Å². The third-order valence-electron chi connectivity index (χ3n) is 2.19. The lowest BCUT2D eigenvalue weighted by Crippen LogP contribution is -2.22. The van der Waals surface area contributed by atoms with Crippen molar-refractivity contribution in [2.45, 2.75) is 6.54 Å². The molecule has 0 aliphatic heterocycles. The number of rotatable bonds is 3. The number of hydrogen-bond acceptors (Lipinski definition) is 2. The zero-order chi connectivity index (χ0) is 12.3. The van der Waals surface area contributed by atoms with Gasteiger partial charge in [0.15, 0.2) is 0 Å². The minimum Gasteiger partial charge on any atom is -0.347 e. The number of amides is 1. The lowest BCUT2D eigenvalue weighted by molar-refractivity contribution is 0.0954. The van der Waals surface area contributed by atoms with Crippen molar-refractivity contribution in [3.8, 4) is 0 Å². The number of thiophene rings is 1. The van der Waals surface area contributed by atoms with Crippen molar-refractivity contribution in [1.82, 2.24) is 5.32 Å². The summed E-state index contributed by atoms with van der Waals surface area (Å²) in [6, 6.07) is 6.58. The third kappa shape index (κ3) is 2.88. The maximum Gasteiger partial charge on any atom is 0.261 e. The Balaban J connectivity index is 2.03. The molecule has 2 aromatic rings. The molecule has 0 atom stereocenters. The first-order valence-electron chi connectivity index (χ1n) is 4.92. The van der Waals surface area contributed by atoms with Gasteiger partial charge in [-0.3, -0.25) is 4.79 Å². The van der Waals surface area contributed by atoms with Crippen LogP contribution in [0, 0.1) is 11.6 Å². The van der Waals surface area contributed by atoms with Crippen molar-refractivity contribution in [2.24, 2.45) is 0 Å². The van der Waals surface area contributed by atoms with E-state index in [1.165, 1.54) is 11.3 Å². The second kappa shape index (κ2) is 5.05. The van der Waals surface area contributed by atoms with Crippen molar-refractivity contribution < 1.29 is 13.6 Å². The number of halogens is 2. The van der Waals surface area contributed by atoms with E-state index in [0.29, 0.717) is 4.88 Å². The molecule has 1 amide bonds. The minimum atomic E-state index is -0.530. The van der Waals surface area contributed by atoms with Gasteiger partial charge >= 0.3 is 0 Å². The Morgan fingerprint density at radius 2 is 2.12 bits per heavy atom. The Morgan fingerprint density at radius 1 is 1.29 bits per heavy atom. The van der Waals surface area contributed by atoms with Gasteiger partial charge in [0.05, 0.1) is 4.88 Å². The van der Waals surface area contributed by atoms with Crippen LogP contribution in [0.2, 0.25) is 0 Å². The van der Waals surface area contributed by atoms with Crippen LogP contribution >= 0.6 is 11.3 Å². The number of nitrogens with one attached hydrogen (secondary N) is 1. The van der Waals surface area contributed by atoms with E-state index in [1.807, 2.05) is 0 Å². The van der Waals surface area contributed by atoms with Gasteiger partial charge in [-0.2, -0.15) is 0 Å². The highest BCUT2D eigenvalue weighted by Crippen LogP contribution is 2.11. The van der Waals surface area contributed by atoms with Crippen molar-refractivity contribution >= 4 is 17.2 Å². The molecule has 0 aliphatic carbocycles. The van der Waals surface area contributed by atoms with Gasteiger partial charge in [0.25, 0.3) is 5.91 Å². The van der Waals surface area contributed by atoms with Gasteiger partial charge in [0.1, 0.15) is 11.6 Å². The number of benzene rings is 1. The van der Waals surface area contributed by atoms with Crippen LogP contribution in [-0.4, -0.2) is 5.91 Å². The molecule has 0 radical (unpaired) electrons. The van der Waals surface area contributed by atoms with E-state index in [4.69, 9.17) is 0 Å². The van der Waals surface area contributed by atoms with Crippen LogP contribution in [0.5, 0.6) is 0 Å². The van der Waals surface area contributed by atoms with Crippen LogP contribution < -0.4 is 5.32 Å². The summed E-state index contributed by atoms with van der Waals surface area (Å²) in [6.07, 6.45) is 0. The first-order valence-corrected chi connectivity index (χ1v) is 5.80. The van der Waals surface area contributed by atoms with Crippen LogP contribution in [-0.2, 0) is 6.54 Å². The maximum atomic E-state index is 13.2. The number of carbonyl (C=O) groups excluding carboxylic acids is 1. The largest absolute Gasteiger partial charge is 0.347 e. The van der Waals surface area contributed by atoms with Gasteiger partial charge in [-0.05, 0) is 29.6 Å². The quantitative estimate of drug-likeness (QED) is 0.895. The molecule has 0 saturated carbocycles. The van der Waals surface area contributed by atoms with Crippen LogP contribution in [0.3, 0.4) is 0 Å². The van der Waals surface area contributed by atoms with E-state index in [0.717, 1.165) is 18.2 Å². The fourth-order valence-electron chi connectivity index (χ4n) is 1.35. The molecule has 0 aliphatic rings. The van der Waals surface area contributed by atoms with Gasteiger partial charge in [0.2, 0.25) is 0 Å². The van der Waals surface area contributed by atoms with Gasteiger partial charge in [0, 0.05) is 12.1 Å². The molecule has 88 valence electrons. The van der Waals surface area contributed by atoms with Crippen molar-refractivity contribution in [1.29, 1.82) is 0 Å². The molecule has 1 aromatic carbocycles. The lowest BCUT2D eigenvalue weighted by atomic mass is 10.2. The predicted molar refractivity (Wildman–Crippen MR) is 61.8 cm³/mol. The standard InChI is InChI=1S/C12H9F2NOS/c13-9-3-4-10(14)8(6-9)7-15-12(16)11-2-1-5-17-11/h1-6H,7H2,(H,15,16). The summed E-state index contributed by atoms with van der Waals surface area (Å²) in [6.45, 7) is -0.0275. The molecule has 1 heterocycles. The summed E-state index contributed by atoms with van der Waals surface area (Å²) >= 11 is 1.29. The normalized spacial score (nSPS) is 10.2. The summed E-state index contributed by atoms with van der Waals surface area (Å²) in [5.74, 6) is -1.34. The first kappa shape index (κ1) is 11.7. The van der Waals surface area contributed by atoms with Crippen molar-refractivity contribution in [3.63, 3.8) is 0 Å². The third-order valence-corrected chi connectivity index (χ3v) is 3.06. The zero-order valence-electron chi connectivity index (χ0n) is 8.74. The summed E-state index contributed by atoms with van der Waals surface area (Å²) in [5, 5.41) is 4.31. The second-order valence-electron chi connectivity index (χ2n) is 3.40. The molecule has 2 rings (SSSR count). The molecule has 0 unspecified atom stereocenters. The molecule has 0 spiro atoms. The van der Waals surface area contributed by atoms with Gasteiger partial charge < -0.3 is 5.32 Å². The highest BCUT2D eigenvalue weighted by atomic mass is 32.1. The second-order valence-corrected chi connectivity index (χ2v) is 4.34. The van der Waals surface area contributed by atoms with E-state index >= 15 is 0 Å². The fraction of sp³-hybridized carbons (Fsp3) is 0.0833. The topological polar surface area (TPSA) is 29.1 Å². The highest BCUT2D eigenvalue weighted by molar-refractivity contribution is 7.12. The Bertz CT molecular complexity index is 525. The van der Waals surface area contributed by atoms with Gasteiger partial charge in [-0.15, -0.1) is 11.3 Å². The lowest BCUT2D eigenvalue weighted by Gasteiger charge is -2.05. The summed E-state index contributed by atoms with van der Waals surface area (Å²) in [5.41, 5.74) is 0.134. The molecule has 2 nitrogen and oxygen atoms in total. The molecule has 1 N–H and O–H groups in total. The zero-order valence-corrected chi connectivity index (χ0v) is 9.56. The number of carbonyl (C=O) groups is 1. The molecule has 0 fully saturated rings. The van der Waals surface area contributed by atoms with Gasteiger partial charge in [-0.25, -0.2) is 8.78 Å². The summed E-state index contributed by atoms with van der Waals surface area (Å²) < 4.78 is 26.1. The Labute approximate surface area is 101 Å². The molecule has 17 heavy (non-hydrogen) atoms. The van der Waals surface area contributed by atoms with E-state index in [2.05, 4.69) is 5.32 Å². The smallest absolute Gasteiger partial charge is 0.261 e. The molecule has 1 aromatic heterocycles. The molecule has 0 saturated heterocycles. The number of hydrogen-bond donors (Lipinski definition) is 1. The molecular formula is C12H9F2NOS. The average molecular weight is 253 g/mol. The van der Waals surface area contributed by atoms with E-state index in [1.54, 1.807) is 17.5 Å². The monoisotopic (exact) mass is 253 g/mol. The summed E-state index contributed by atoms with van der Waals surface area (Å²) in [4.78, 5) is 12.1. The minimum absolute atomic E-state index is 0.0275. The summed E-state index contributed by atoms with van der Waals surface area (Å²) in [7, 11) is 0. The van der Waals surface area contributed by atoms with E-state index in [-0.39, 0.29) is 18.0 Å². The van der Waals surface area contributed by atoms with E-state index in [9.17, 15) is 13.6 Å². The van der Waals surface area contributed by atoms with Crippen LogP contribution in [0.4, 0.5) is 8.78 Å². The first-order chi connectivity index (χ1) is 8.16. The van der Waals surface area contributed by atoms with Crippen LogP contribution in [0.1, 0.15) is 15.2 Å². The average Bonchev–Trinajstić information content (AvgIpc) is 2.83. The molecule has 5 heteroatoms. The fourth-order valence-corrected chi connectivity index (χ4v) is 1.99. The highest BCUT2D eigenvalue weighted by Gasteiger charge is 2.08. The van der Waals surface area contributed by atoms with Crippen molar-refractivity contribution in [3.05, 3.63) is 57.8 Å². The molecule has 0 bridgehead atoms. The molecular weight excluding hydrogens is 244 g/mol.